The van der Waals surface area contributed by atoms with E-state index in [1.807, 2.05) is 50.2 Å². The Hall–Kier alpha value is -2.43. The molecule has 3 nitrogen and oxygen atoms in total. The molecule has 2 aromatic carbocycles. The highest BCUT2D eigenvalue weighted by atomic mass is 19.1. The van der Waals surface area contributed by atoms with Gasteiger partial charge in [-0.15, -0.1) is 0 Å². The van der Waals surface area contributed by atoms with Gasteiger partial charge in [0.25, 0.3) is 5.91 Å². The van der Waals surface area contributed by atoms with Gasteiger partial charge in [0.15, 0.2) is 0 Å². The third kappa shape index (κ3) is 4.06. The first-order valence-corrected chi connectivity index (χ1v) is 7.43. The molecule has 0 spiro atoms. The molecule has 0 saturated carbocycles. The maximum Gasteiger partial charge on any atom is 0.257 e. The first-order chi connectivity index (χ1) is 10.9. The Labute approximate surface area is 135 Å². The van der Waals surface area contributed by atoms with Crippen molar-refractivity contribution in [3.05, 3.63) is 65.2 Å². The highest BCUT2D eigenvalue weighted by molar-refractivity contribution is 5.94. The van der Waals surface area contributed by atoms with Crippen molar-refractivity contribution in [3.63, 3.8) is 0 Å². The molecule has 0 aromatic heterocycles. The zero-order chi connectivity index (χ0) is 17.0. The predicted molar refractivity (Wildman–Crippen MR) is 87.5 cm³/mol. The minimum absolute atomic E-state index is 0.239. The Morgan fingerprint density at radius 1 is 1.04 bits per heavy atom. The van der Waals surface area contributed by atoms with Crippen LogP contribution in [0.2, 0.25) is 0 Å². The molecule has 0 fully saturated rings. The zero-order valence-corrected chi connectivity index (χ0v) is 13.5. The van der Waals surface area contributed by atoms with Gasteiger partial charge in [0, 0.05) is 32.9 Å². The van der Waals surface area contributed by atoms with Crippen LogP contribution in [0.1, 0.15) is 22.8 Å². The van der Waals surface area contributed by atoms with Crippen LogP contribution in [-0.4, -0.2) is 31.4 Å². The lowest BCUT2D eigenvalue weighted by Crippen LogP contribution is -2.31. The van der Waals surface area contributed by atoms with Gasteiger partial charge < -0.3 is 9.80 Å². The summed E-state index contributed by atoms with van der Waals surface area (Å²) in [5.41, 5.74) is 1.75. The van der Waals surface area contributed by atoms with E-state index >= 15 is 0 Å². The van der Waals surface area contributed by atoms with E-state index in [1.54, 1.807) is 0 Å². The summed E-state index contributed by atoms with van der Waals surface area (Å²) in [5, 5.41) is 0. The standard InChI is InChI=1S/C18H20F2N2O/c1-4-22(12-13-5-8-15(9-6-13)21(2)3)18(23)16-11-14(19)7-10-17(16)20/h5-11H,4,12H2,1-3H3. The number of benzene rings is 2. The molecular weight excluding hydrogens is 298 g/mol. The number of halogens is 2. The predicted octanol–water partition coefficient (Wildman–Crippen LogP) is 3.69. The molecule has 0 aliphatic rings. The number of carbonyl (C=O) groups is 1. The Balaban J connectivity index is 2.19. The average molecular weight is 318 g/mol. The second-order valence-electron chi connectivity index (χ2n) is 5.50. The molecular formula is C18H20F2N2O. The number of amides is 1. The molecule has 1 amide bonds. The van der Waals surface area contributed by atoms with Crippen molar-refractivity contribution in [2.45, 2.75) is 13.5 Å². The van der Waals surface area contributed by atoms with E-state index in [9.17, 15) is 13.6 Å². The number of hydrogen-bond acceptors (Lipinski definition) is 2. The lowest BCUT2D eigenvalue weighted by Gasteiger charge is -2.22. The molecule has 0 saturated heterocycles. The van der Waals surface area contributed by atoms with E-state index in [2.05, 4.69) is 0 Å². The molecule has 2 aromatic rings. The third-order valence-corrected chi connectivity index (χ3v) is 3.65. The van der Waals surface area contributed by atoms with Gasteiger partial charge in [0.2, 0.25) is 0 Å². The lowest BCUT2D eigenvalue weighted by atomic mass is 10.1. The Morgan fingerprint density at radius 2 is 1.70 bits per heavy atom. The lowest BCUT2D eigenvalue weighted by molar-refractivity contribution is 0.0747. The van der Waals surface area contributed by atoms with Gasteiger partial charge in [-0.3, -0.25) is 4.79 Å². The van der Waals surface area contributed by atoms with Crippen LogP contribution in [0.4, 0.5) is 14.5 Å². The molecule has 0 aliphatic heterocycles. The van der Waals surface area contributed by atoms with E-state index in [0.29, 0.717) is 13.1 Å². The summed E-state index contributed by atoms with van der Waals surface area (Å²) >= 11 is 0. The quantitative estimate of drug-likeness (QED) is 0.839. The second kappa shape index (κ2) is 7.22. The van der Waals surface area contributed by atoms with Crippen molar-refractivity contribution in [3.8, 4) is 0 Å². The number of rotatable bonds is 5. The monoisotopic (exact) mass is 318 g/mol. The van der Waals surface area contributed by atoms with E-state index in [4.69, 9.17) is 0 Å². The van der Waals surface area contributed by atoms with Crippen molar-refractivity contribution in [2.24, 2.45) is 0 Å². The van der Waals surface area contributed by atoms with Crippen LogP contribution in [0.5, 0.6) is 0 Å². The van der Waals surface area contributed by atoms with Crippen molar-refractivity contribution < 1.29 is 13.6 Å². The maximum atomic E-state index is 13.8. The fraction of sp³-hybridized carbons (Fsp3) is 0.278. The van der Waals surface area contributed by atoms with Crippen molar-refractivity contribution in [1.82, 2.24) is 4.90 Å². The summed E-state index contributed by atoms with van der Waals surface area (Å²) < 4.78 is 27.1. The van der Waals surface area contributed by atoms with Gasteiger partial charge in [-0.2, -0.15) is 0 Å². The SMILES string of the molecule is CCN(Cc1ccc(N(C)C)cc1)C(=O)c1cc(F)ccc1F. The van der Waals surface area contributed by atoms with Crippen molar-refractivity contribution in [2.75, 3.05) is 25.5 Å². The number of nitrogens with zero attached hydrogens (tertiary/aromatic N) is 2. The van der Waals surface area contributed by atoms with E-state index in [0.717, 1.165) is 29.4 Å². The first kappa shape index (κ1) is 16.9. The largest absolute Gasteiger partial charge is 0.378 e. The van der Waals surface area contributed by atoms with Gasteiger partial charge in [-0.1, -0.05) is 12.1 Å². The van der Waals surface area contributed by atoms with Gasteiger partial charge in [0.1, 0.15) is 11.6 Å². The van der Waals surface area contributed by atoms with Crippen LogP contribution >= 0.6 is 0 Å². The molecule has 0 unspecified atom stereocenters. The van der Waals surface area contributed by atoms with Crippen LogP contribution in [0.3, 0.4) is 0 Å². The molecule has 2 rings (SSSR count). The van der Waals surface area contributed by atoms with Crippen LogP contribution < -0.4 is 4.90 Å². The maximum absolute atomic E-state index is 13.8. The van der Waals surface area contributed by atoms with Crippen LogP contribution in [-0.2, 0) is 6.54 Å². The van der Waals surface area contributed by atoms with Crippen molar-refractivity contribution >= 4 is 11.6 Å². The first-order valence-electron chi connectivity index (χ1n) is 7.43. The van der Waals surface area contributed by atoms with Gasteiger partial charge >= 0.3 is 0 Å². The molecule has 122 valence electrons. The molecule has 0 bridgehead atoms. The van der Waals surface area contributed by atoms with Crippen LogP contribution in [0.25, 0.3) is 0 Å². The minimum Gasteiger partial charge on any atom is -0.378 e. The Morgan fingerprint density at radius 3 is 2.26 bits per heavy atom. The van der Waals surface area contributed by atoms with E-state index in [1.165, 1.54) is 4.90 Å². The number of anilines is 1. The Kier molecular flexibility index (Phi) is 5.32. The van der Waals surface area contributed by atoms with E-state index < -0.39 is 17.5 Å². The fourth-order valence-corrected chi connectivity index (χ4v) is 2.28. The normalized spacial score (nSPS) is 10.5. The van der Waals surface area contributed by atoms with Gasteiger partial charge in [-0.05, 0) is 42.8 Å². The van der Waals surface area contributed by atoms with Crippen molar-refractivity contribution in [1.29, 1.82) is 0 Å². The molecule has 0 heterocycles. The molecule has 0 N–H and O–H groups in total. The summed E-state index contributed by atoms with van der Waals surface area (Å²) in [6.07, 6.45) is 0. The summed E-state index contributed by atoms with van der Waals surface area (Å²) in [7, 11) is 3.90. The smallest absolute Gasteiger partial charge is 0.257 e. The summed E-state index contributed by atoms with van der Waals surface area (Å²) in [6.45, 7) is 2.56. The van der Waals surface area contributed by atoms with Gasteiger partial charge in [0.05, 0.1) is 5.56 Å². The molecule has 5 heteroatoms. The second-order valence-corrected chi connectivity index (χ2v) is 5.50. The Bertz CT molecular complexity index is 684. The third-order valence-electron chi connectivity index (χ3n) is 3.65. The minimum atomic E-state index is -0.710. The summed E-state index contributed by atoms with van der Waals surface area (Å²) in [4.78, 5) is 15.9. The molecule has 23 heavy (non-hydrogen) atoms. The van der Waals surface area contributed by atoms with Gasteiger partial charge in [-0.25, -0.2) is 8.78 Å². The average Bonchev–Trinajstić information content (AvgIpc) is 2.54. The topological polar surface area (TPSA) is 23.6 Å². The van der Waals surface area contributed by atoms with Crippen LogP contribution in [0, 0.1) is 11.6 Å². The fourth-order valence-electron chi connectivity index (χ4n) is 2.28. The van der Waals surface area contributed by atoms with Crippen LogP contribution in [0.15, 0.2) is 42.5 Å². The zero-order valence-electron chi connectivity index (χ0n) is 13.5. The molecule has 0 aliphatic carbocycles. The highest BCUT2D eigenvalue weighted by Crippen LogP contribution is 2.17. The number of carbonyl (C=O) groups excluding carboxylic acids is 1. The summed E-state index contributed by atoms with van der Waals surface area (Å²) in [5.74, 6) is -1.85. The highest BCUT2D eigenvalue weighted by Gasteiger charge is 2.19. The van der Waals surface area contributed by atoms with E-state index in [-0.39, 0.29) is 5.56 Å². The summed E-state index contributed by atoms with van der Waals surface area (Å²) in [6, 6.07) is 10.7. The molecule has 0 atom stereocenters. The molecule has 0 radical (unpaired) electrons. The number of hydrogen-bond donors (Lipinski definition) is 0.